The predicted octanol–water partition coefficient (Wildman–Crippen LogP) is 4.60. The van der Waals surface area contributed by atoms with Crippen molar-refractivity contribution in [3.63, 3.8) is 0 Å². The second kappa shape index (κ2) is 9.64. The zero-order valence-corrected chi connectivity index (χ0v) is 18.5. The van der Waals surface area contributed by atoms with E-state index in [1.165, 1.54) is 5.56 Å². The van der Waals surface area contributed by atoms with Gasteiger partial charge in [-0.25, -0.2) is 4.68 Å². The molecule has 4 rings (SSSR count). The van der Waals surface area contributed by atoms with Gasteiger partial charge in [-0.2, -0.15) is 0 Å². The summed E-state index contributed by atoms with van der Waals surface area (Å²) in [7, 11) is 0. The van der Waals surface area contributed by atoms with E-state index in [4.69, 9.17) is 5.10 Å². The van der Waals surface area contributed by atoms with E-state index >= 15 is 0 Å². The largest absolute Gasteiger partial charge is 0.355 e. The van der Waals surface area contributed by atoms with Crippen molar-refractivity contribution in [3.05, 3.63) is 71.8 Å². The van der Waals surface area contributed by atoms with Crippen molar-refractivity contribution in [3.8, 4) is 16.9 Å². The fourth-order valence-corrected chi connectivity index (χ4v) is 3.99. The third-order valence-electron chi connectivity index (χ3n) is 5.54. The van der Waals surface area contributed by atoms with Crippen molar-refractivity contribution in [1.29, 1.82) is 0 Å². The van der Waals surface area contributed by atoms with Gasteiger partial charge < -0.3 is 10.6 Å². The zero-order valence-electron chi connectivity index (χ0n) is 18.5. The molecule has 3 aromatic rings. The first-order valence-electron chi connectivity index (χ1n) is 11.1. The fourth-order valence-electron chi connectivity index (χ4n) is 3.99. The maximum Gasteiger partial charge on any atom is 0.230 e. The van der Waals surface area contributed by atoms with E-state index < -0.39 is 0 Å². The number of aryl methyl sites for hydroxylation is 1. The average Bonchev–Trinajstić information content (AvgIpc) is 3.41. The number of hydrogen-bond acceptors (Lipinski definition) is 3. The Morgan fingerprint density at radius 2 is 2.06 bits per heavy atom. The molecule has 1 fully saturated rings. The van der Waals surface area contributed by atoms with Gasteiger partial charge in [-0.3, -0.25) is 9.59 Å². The molecule has 1 aliphatic heterocycles. The summed E-state index contributed by atoms with van der Waals surface area (Å²) < 4.78 is 1.87. The van der Waals surface area contributed by atoms with E-state index in [1.54, 1.807) is 0 Å². The first kappa shape index (κ1) is 21.6. The third-order valence-corrected chi connectivity index (χ3v) is 5.54. The molecule has 2 N–H and O–H groups in total. The molecule has 2 amide bonds. The van der Waals surface area contributed by atoms with Crippen LogP contribution >= 0.6 is 0 Å². The molecule has 1 aliphatic rings. The SMILES string of the molecule is CC=Cc1cccc(-n2nc(NC(=O)[C@@H]3CNC(=O)C3)cc2-c2cccc(CCC)c2)c1. The van der Waals surface area contributed by atoms with Crippen molar-refractivity contribution in [1.82, 2.24) is 15.1 Å². The molecule has 164 valence electrons. The van der Waals surface area contributed by atoms with Gasteiger partial charge in [-0.15, -0.1) is 5.10 Å². The monoisotopic (exact) mass is 428 g/mol. The van der Waals surface area contributed by atoms with Crippen LogP contribution in [0.3, 0.4) is 0 Å². The maximum absolute atomic E-state index is 12.7. The highest BCUT2D eigenvalue weighted by Gasteiger charge is 2.28. The van der Waals surface area contributed by atoms with Crippen LogP contribution in [-0.2, 0) is 16.0 Å². The van der Waals surface area contributed by atoms with Crippen LogP contribution in [-0.4, -0.2) is 28.1 Å². The second-order valence-corrected chi connectivity index (χ2v) is 8.07. The Balaban J connectivity index is 1.73. The van der Waals surface area contributed by atoms with Crippen molar-refractivity contribution in [2.45, 2.75) is 33.1 Å². The molecule has 0 saturated carbocycles. The van der Waals surface area contributed by atoms with Crippen LogP contribution in [0.1, 0.15) is 37.8 Å². The fraction of sp³-hybridized carbons (Fsp3) is 0.269. The lowest BCUT2D eigenvalue weighted by molar-refractivity contribution is -0.123. The molecule has 0 spiro atoms. The zero-order chi connectivity index (χ0) is 22.5. The summed E-state index contributed by atoms with van der Waals surface area (Å²) in [6.07, 6.45) is 6.33. The number of nitrogens with zero attached hydrogens (tertiary/aromatic N) is 2. The summed E-state index contributed by atoms with van der Waals surface area (Å²) in [6, 6.07) is 18.4. The van der Waals surface area contributed by atoms with Crippen LogP contribution in [0.15, 0.2) is 60.7 Å². The van der Waals surface area contributed by atoms with Crippen LogP contribution < -0.4 is 10.6 Å². The molecule has 0 radical (unpaired) electrons. The minimum atomic E-state index is -0.373. The van der Waals surface area contributed by atoms with Gasteiger partial charge in [0.2, 0.25) is 11.8 Å². The molecule has 2 heterocycles. The summed E-state index contributed by atoms with van der Waals surface area (Å²) in [5.41, 5.74) is 5.19. The van der Waals surface area contributed by atoms with Crippen molar-refractivity contribution >= 4 is 23.7 Å². The number of anilines is 1. The van der Waals surface area contributed by atoms with E-state index in [0.717, 1.165) is 35.3 Å². The van der Waals surface area contributed by atoms with Crippen LogP contribution in [0.25, 0.3) is 23.0 Å². The lowest BCUT2D eigenvalue weighted by atomic mass is 10.0. The predicted molar refractivity (Wildman–Crippen MR) is 127 cm³/mol. The number of rotatable bonds is 7. The molecule has 6 heteroatoms. The minimum absolute atomic E-state index is 0.0927. The number of allylic oxidation sites excluding steroid dienone is 1. The molecule has 6 nitrogen and oxygen atoms in total. The molecule has 0 aliphatic carbocycles. The van der Waals surface area contributed by atoms with Gasteiger partial charge >= 0.3 is 0 Å². The average molecular weight is 429 g/mol. The minimum Gasteiger partial charge on any atom is -0.355 e. The van der Waals surface area contributed by atoms with Crippen molar-refractivity contribution < 1.29 is 9.59 Å². The quantitative estimate of drug-likeness (QED) is 0.577. The Morgan fingerprint density at radius 3 is 2.81 bits per heavy atom. The Bertz CT molecular complexity index is 1160. The number of carbonyl (C=O) groups excluding carboxylic acids is 2. The molecule has 2 aromatic carbocycles. The summed E-state index contributed by atoms with van der Waals surface area (Å²) in [5, 5.41) is 10.3. The number of nitrogens with one attached hydrogen (secondary N) is 2. The standard InChI is InChI=1S/C26H28N4O2/c1-3-7-18-9-5-11-20(13-18)23-16-24(28-26(32)21-15-25(31)27-17-21)29-30(23)22-12-6-10-19(14-22)8-4-2/h4-6,8-14,16,21H,3,7,15,17H2,1-2H3,(H,27,31)(H,28,29,32)/t21-/m0/s1. The Labute approximate surface area is 188 Å². The van der Waals surface area contributed by atoms with Crippen molar-refractivity contribution in [2.75, 3.05) is 11.9 Å². The normalized spacial score (nSPS) is 15.8. The first-order valence-corrected chi connectivity index (χ1v) is 11.1. The van der Waals surface area contributed by atoms with Crippen LogP contribution in [0.4, 0.5) is 5.82 Å². The van der Waals surface area contributed by atoms with E-state index in [1.807, 2.05) is 48.0 Å². The topological polar surface area (TPSA) is 76.0 Å². The summed E-state index contributed by atoms with van der Waals surface area (Å²) >= 11 is 0. The number of amides is 2. The molecular weight excluding hydrogens is 400 g/mol. The highest BCUT2D eigenvalue weighted by Crippen LogP contribution is 2.28. The van der Waals surface area contributed by atoms with Crippen molar-refractivity contribution in [2.24, 2.45) is 5.92 Å². The molecule has 1 aromatic heterocycles. The maximum atomic E-state index is 12.7. The summed E-state index contributed by atoms with van der Waals surface area (Å²) in [5.74, 6) is -0.185. The molecule has 0 bridgehead atoms. The lowest BCUT2D eigenvalue weighted by Crippen LogP contribution is -2.24. The summed E-state index contributed by atoms with van der Waals surface area (Å²) in [6.45, 7) is 4.52. The highest BCUT2D eigenvalue weighted by molar-refractivity contribution is 5.97. The molecule has 0 unspecified atom stereocenters. The van der Waals surface area contributed by atoms with Crippen LogP contribution in [0.5, 0.6) is 0 Å². The smallest absolute Gasteiger partial charge is 0.230 e. The van der Waals surface area contributed by atoms with Gasteiger partial charge in [-0.05, 0) is 42.7 Å². The van der Waals surface area contributed by atoms with E-state index in [9.17, 15) is 9.59 Å². The lowest BCUT2D eigenvalue weighted by Gasteiger charge is -2.10. The second-order valence-electron chi connectivity index (χ2n) is 8.07. The van der Waals surface area contributed by atoms with E-state index in [-0.39, 0.29) is 24.2 Å². The number of benzene rings is 2. The molecular formula is C26H28N4O2. The number of carbonyl (C=O) groups is 2. The van der Waals surface area contributed by atoms with E-state index in [2.05, 4.69) is 47.9 Å². The van der Waals surface area contributed by atoms with Gasteiger partial charge in [0.05, 0.1) is 17.3 Å². The Kier molecular flexibility index (Phi) is 6.50. The Hall–Kier alpha value is -3.67. The van der Waals surface area contributed by atoms with Gasteiger partial charge in [0.15, 0.2) is 5.82 Å². The van der Waals surface area contributed by atoms with Gasteiger partial charge in [0.1, 0.15) is 0 Å². The highest BCUT2D eigenvalue weighted by atomic mass is 16.2. The Morgan fingerprint density at radius 1 is 1.22 bits per heavy atom. The third kappa shape index (κ3) is 4.80. The van der Waals surface area contributed by atoms with Crippen LogP contribution in [0.2, 0.25) is 0 Å². The number of aromatic nitrogens is 2. The summed E-state index contributed by atoms with van der Waals surface area (Å²) in [4.78, 5) is 24.2. The van der Waals surface area contributed by atoms with Gasteiger partial charge in [-0.1, -0.05) is 55.8 Å². The van der Waals surface area contributed by atoms with Crippen LogP contribution in [0, 0.1) is 5.92 Å². The molecule has 1 saturated heterocycles. The van der Waals surface area contributed by atoms with Gasteiger partial charge in [0, 0.05) is 24.6 Å². The molecule has 32 heavy (non-hydrogen) atoms. The molecule has 1 atom stereocenters. The van der Waals surface area contributed by atoms with E-state index in [0.29, 0.717) is 12.4 Å². The number of hydrogen-bond donors (Lipinski definition) is 2. The first-order chi connectivity index (χ1) is 15.6. The van der Waals surface area contributed by atoms with Gasteiger partial charge in [0.25, 0.3) is 0 Å².